The Morgan fingerprint density at radius 1 is 1.35 bits per heavy atom. The standard InChI is InChI=1S/C15H20BrN3O/c16-11-2-1-3-13(8-11)18-15(20)10-19-7-6-12-4-5-14(9-19)17-12/h1-3,8,12,14,17H,4-7,9-10H2,(H,18,20). The molecule has 0 radical (unpaired) electrons. The second kappa shape index (κ2) is 6.24. The number of anilines is 1. The quantitative estimate of drug-likeness (QED) is 0.888. The van der Waals surface area contributed by atoms with Crippen LogP contribution in [0.5, 0.6) is 0 Å². The highest BCUT2D eigenvalue weighted by Crippen LogP contribution is 2.20. The van der Waals surface area contributed by atoms with Gasteiger partial charge in [-0.2, -0.15) is 0 Å². The van der Waals surface area contributed by atoms with Crippen molar-refractivity contribution in [2.45, 2.75) is 31.3 Å². The number of amides is 1. The van der Waals surface area contributed by atoms with E-state index in [1.165, 1.54) is 12.8 Å². The zero-order chi connectivity index (χ0) is 13.9. The SMILES string of the molecule is O=C(CN1CCC2CCC(C1)N2)Nc1cccc(Br)c1. The predicted molar refractivity (Wildman–Crippen MR) is 83.8 cm³/mol. The Balaban J connectivity index is 1.53. The first kappa shape index (κ1) is 14.0. The minimum Gasteiger partial charge on any atom is -0.325 e. The van der Waals surface area contributed by atoms with Crippen molar-refractivity contribution in [2.24, 2.45) is 0 Å². The first-order chi connectivity index (χ1) is 9.69. The molecule has 2 N–H and O–H groups in total. The Labute approximate surface area is 128 Å². The number of nitrogens with zero attached hydrogens (tertiary/aromatic N) is 1. The predicted octanol–water partition coefficient (Wildman–Crippen LogP) is 2.21. The molecule has 1 aromatic rings. The molecule has 2 fully saturated rings. The number of fused-ring (bicyclic) bond motifs is 2. The van der Waals surface area contributed by atoms with E-state index in [4.69, 9.17) is 0 Å². The number of benzene rings is 1. The van der Waals surface area contributed by atoms with E-state index in [1.54, 1.807) is 0 Å². The molecule has 0 spiro atoms. The van der Waals surface area contributed by atoms with Gasteiger partial charge < -0.3 is 10.6 Å². The summed E-state index contributed by atoms with van der Waals surface area (Å²) < 4.78 is 0.978. The van der Waals surface area contributed by atoms with Gasteiger partial charge in [-0.15, -0.1) is 0 Å². The molecule has 4 nitrogen and oxygen atoms in total. The molecule has 2 aliphatic rings. The average molecular weight is 338 g/mol. The van der Waals surface area contributed by atoms with Crippen LogP contribution in [0.2, 0.25) is 0 Å². The van der Waals surface area contributed by atoms with Crippen LogP contribution in [-0.2, 0) is 4.79 Å². The molecule has 2 heterocycles. The fourth-order valence-corrected chi connectivity index (χ4v) is 3.53. The van der Waals surface area contributed by atoms with Crippen molar-refractivity contribution in [3.63, 3.8) is 0 Å². The lowest BCUT2D eigenvalue weighted by atomic mass is 10.1. The largest absolute Gasteiger partial charge is 0.325 e. The zero-order valence-corrected chi connectivity index (χ0v) is 13.0. The smallest absolute Gasteiger partial charge is 0.238 e. The van der Waals surface area contributed by atoms with Crippen LogP contribution in [0.25, 0.3) is 0 Å². The molecule has 1 aromatic carbocycles. The third-order valence-corrected chi connectivity index (χ3v) is 4.58. The molecule has 2 saturated heterocycles. The van der Waals surface area contributed by atoms with Crippen molar-refractivity contribution in [3.05, 3.63) is 28.7 Å². The van der Waals surface area contributed by atoms with Crippen LogP contribution < -0.4 is 10.6 Å². The minimum absolute atomic E-state index is 0.0703. The van der Waals surface area contributed by atoms with Gasteiger partial charge in [0.15, 0.2) is 0 Å². The maximum Gasteiger partial charge on any atom is 0.238 e. The van der Waals surface area contributed by atoms with Gasteiger partial charge in [-0.05, 0) is 37.5 Å². The van der Waals surface area contributed by atoms with E-state index in [1.807, 2.05) is 24.3 Å². The number of likely N-dealkylation sites (tertiary alicyclic amines) is 1. The molecule has 0 saturated carbocycles. The average Bonchev–Trinajstić information content (AvgIpc) is 2.73. The topological polar surface area (TPSA) is 44.4 Å². The van der Waals surface area contributed by atoms with Crippen molar-refractivity contribution in [1.29, 1.82) is 0 Å². The molecule has 2 atom stereocenters. The summed E-state index contributed by atoms with van der Waals surface area (Å²) >= 11 is 3.41. The van der Waals surface area contributed by atoms with E-state index < -0.39 is 0 Å². The van der Waals surface area contributed by atoms with Gasteiger partial charge in [-0.25, -0.2) is 0 Å². The van der Waals surface area contributed by atoms with Crippen LogP contribution in [0, 0.1) is 0 Å². The maximum atomic E-state index is 12.1. The van der Waals surface area contributed by atoms with E-state index in [2.05, 4.69) is 31.5 Å². The minimum atomic E-state index is 0.0703. The second-order valence-electron chi connectivity index (χ2n) is 5.72. The molecule has 2 bridgehead atoms. The number of hydrogen-bond donors (Lipinski definition) is 2. The summed E-state index contributed by atoms with van der Waals surface area (Å²) in [6, 6.07) is 8.94. The Bertz CT molecular complexity index is 494. The van der Waals surface area contributed by atoms with Crippen LogP contribution in [0.4, 0.5) is 5.69 Å². The number of carbonyl (C=O) groups excluding carboxylic acids is 1. The van der Waals surface area contributed by atoms with Crippen LogP contribution in [-0.4, -0.2) is 42.5 Å². The normalized spacial score (nSPS) is 26.2. The fraction of sp³-hybridized carbons (Fsp3) is 0.533. The highest BCUT2D eigenvalue weighted by molar-refractivity contribution is 9.10. The van der Waals surface area contributed by atoms with E-state index >= 15 is 0 Å². The Morgan fingerprint density at radius 3 is 3.05 bits per heavy atom. The molecule has 2 aliphatic heterocycles. The molecule has 1 amide bonds. The van der Waals surface area contributed by atoms with Crippen LogP contribution in [0.3, 0.4) is 0 Å². The van der Waals surface area contributed by atoms with Crippen molar-refractivity contribution in [1.82, 2.24) is 10.2 Å². The van der Waals surface area contributed by atoms with Gasteiger partial charge in [0.05, 0.1) is 6.54 Å². The molecule has 108 valence electrons. The number of nitrogens with one attached hydrogen (secondary N) is 2. The third kappa shape index (κ3) is 3.59. The zero-order valence-electron chi connectivity index (χ0n) is 11.4. The summed E-state index contributed by atoms with van der Waals surface area (Å²) in [5.74, 6) is 0.0703. The van der Waals surface area contributed by atoms with E-state index in [-0.39, 0.29) is 5.91 Å². The highest BCUT2D eigenvalue weighted by Gasteiger charge is 2.29. The van der Waals surface area contributed by atoms with E-state index in [0.29, 0.717) is 18.6 Å². The van der Waals surface area contributed by atoms with Gasteiger partial charge in [0.2, 0.25) is 5.91 Å². The second-order valence-corrected chi connectivity index (χ2v) is 6.64. The molecular weight excluding hydrogens is 318 g/mol. The molecular formula is C15H20BrN3O. The Morgan fingerprint density at radius 2 is 2.20 bits per heavy atom. The molecule has 2 unspecified atom stereocenters. The van der Waals surface area contributed by atoms with Crippen LogP contribution in [0.15, 0.2) is 28.7 Å². The summed E-state index contributed by atoms with van der Waals surface area (Å²) in [4.78, 5) is 14.4. The highest BCUT2D eigenvalue weighted by atomic mass is 79.9. The van der Waals surface area contributed by atoms with Crippen LogP contribution in [0.1, 0.15) is 19.3 Å². The number of rotatable bonds is 3. The molecule has 3 rings (SSSR count). The fourth-order valence-electron chi connectivity index (χ4n) is 3.13. The lowest BCUT2D eigenvalue weighted by Gasteiger charge is -2.23. The summed E-state index contributed by atoms with van der Waals surface area (Å²) in [6.45, 7) is 2.49. The lowest BCUT2D eigenvalue weighted by molar-refractivity contribution is -0.117. The Hall–Kier alpha value is -0.910. The molecule has 5 heteroatoms. The summed E-state index contributed by atoms with van der Waals surface area (Å²) in [5.41, 5.74) is 0.846. The number of hydrogen-bond acceptors (Lipinski definition) is 3. The van der Waals surface area contributed by atoms with E-state index in [9.17, 15) is 4.79 Å². The Kier molecular flexibility index (Phi) is 4.38. The van der Waals surface area contributed by atoms with Crippen LogP contribution >= 0.6 is 15.9 Å². The first-order valence-electron chi connectivity index (χ1n) is 7.23. The van der Waals surface area contributed by atoms with E-state index in [0.717, 1.165) is 29.7 Å². The van der Waals surface area contributed by atoms with Gasteiger partial charge in [0.25, 0.3) is 0 Å². The maximum absolute atomic E-state index is 12.1. The van der Waals surface area contributed by atoms with Gasteiger partial charge >= 0.3 is 0 Å². The van der Waals surface area contributed by atoms with Crippen molar-refractivity contribution in [3.8, 4) is 0 Å². The third-order valence-electron chi connectivity index (χ3n) is 4.08. The van der Waals surface area contributed by atoms with Crippen molar-refractivity contribution < 1.29 is 4.79 Å². The summed E-state index contributed by atoms with van der Waals surface area (Å²) in [7, 11) is 0. The summed E-state index contributed by atoms with van der Waals surface area (Å²) in [6.07, 6.45) is 3.69. The summed E-state index contributed by atoms with van der Waals surface area (Å²) in [5, 5.41) is 6.60. The van der Waals surface area contributed by atoms with Crippen molar-refractivity contribution in [2.75, 3.05) is 25.0 Å². The lowest BCUT2D eigenvalue weighted by Crippen LogP contribution is -2.39. The van der Waals surface area contributed by atoms with Gasteiger partial charge in [-0.3, -0.25) is 9.69 Å². The molecule has 0 aliphatic carbocycles. The van der Waals surface area contributed by atoms with Gasteiger partial charge in [-0.1, -0.05) is 22.0 Å². The monoisotopic (exact) mass is 337 g/mol. The molecule has 20 heavy (non-hydrogen) atoms. The molecule has 0 aromatic heterocycles. The van der Waals surface area contributed by atoms with Gasteiger partial charge in [0, 0.05) is 35.3 Å². The van der Waals surface area contributed by atoms with Crippen molar-refractivity contribution >= 4 is 27.5 Å². The van der Waals surface area contributed by atoms with Gasteiger partial charge in [0.1, 0.15) is 0 Å². The number of halogens is 1. The first-order valence-corrected chi connectivity index (χ1v) is 8.02. The number of carbonyl (C=O) groups is 1.